The van der Waals surface area contributed by atoms with Crippen LogP contribution in [-0.2, 0) is 4.79 Å². The second kappa shape index (κ2) is 7.50. The lowest BCUT2D eigenvalue weighted by atomic mass is 9.96. The van der Waals surface area contributed by atoms with Gasteiger partial charge < -0.3 is 10.0 Å². The molecule has 4 nitrogen and oxygen atoms in total. The molecule has 1 aromatic rings. The van der Waals surface area contributed by atoms with E-state index < -0.39 is 5.97 Å². The van der Waals surface area contributed by atoms with E-state index in [4.69, 9.17) is 5.11 Å². The molecule has 1 fully saturated rings. The van der Waals surface area contributed by atoms with Crippen molar-refractivity contribution in [3.8, 4) is 0 Å². The maximum absolute atomic E-state index is 10.6. The third-order valence-corrected chi connectivity index (χ3v) is 4.81. The summed E-state index contributed by atoms with van der Waals surface area (Å²) in [5.41, 5.74) is 1.62. The van der Waals surface area contributed by atoms with Gasteiger partial charge in [-0.25, -0.2) is 4.79 Å². The first-order valence-electron chi connectivity index (χ1n) is 6.88. The largest absolute Gasteiger partial charge is 0.478 e. The first-order valence-corrected chi connectivity index (χ1v) is 7.93. The highest BCUT2D eigenvalue weighted by Gasteiger charge is 2.33. The van der Waals surface area contributed by atoms with E-state index in [2.05, 4.69) is 20.8 Å². The first-order chi connectivity index (χ1) is 9.75. The molecule has 0 spiro atoms. The van der Waals surface area contributed by atoms with Gasteiger partial charge in [-0.05, 0) is 24.5 Å². The fourth-order valence-corrected chi connectivity index (χ4v) is 3.42. The van der Waals surface area contributed by atoms with Crippen molar-refractivity contribution >= 4 is 24.1 Å². The molecule has 0 radical (unpaired) electrons. The molecular weight excluding hydrogens is 286 g/mol. The van der Waals surface area contributed by atoms with Crippen LogP contribution in [0.2, 0.25) is 0 Å². The topological polar surface area (TPSA) is 57.6 Å². The fourth-order valence-electron chi connectivity index (χ4n) is 2.03. The standard InChI is InChI=1S/C8H15NOS.C8H8O2/c1-8(2,3)7-9(6-10)4-5-11-7;1-6-2-4-7(5-3-6)8(9)10/h6-7H,4-5H2,1-3H3;2-5H,1H3,(H,9,10)/t7-;/m1./s1. The molecule has 1 aliphatic heterocycles. The van der Waals surface area contributed by atoms with Crippen LogP contribution in [0.5, 0.6) is 0 Å². The average Bonchev–Trinajstić information content (AvgIpc) is 2.88. The summed E-state index contributed by atoms with van der Waals surface area (Å²) in [6, 6.07) is 6.75. The number of carbonyl (C=O) groups is 2. The molecule has 0 bridgehead atoms. The number of thioether (sulfide) groups is 1. The van der Waals surface area contributed by atoms with Gasteiger partial charge in [-0.3, -0.25) is 4.79 Å². The van der Waals surface area contributed by atoms with Gasteiger partial charge in [0.1, 0.15) is 0 Å². The van der Waals surface area contributed by atoms with Crippen LogP contribution in [-0.4, -0.2) is 40.1 Å². The monoisotopic (exact) mass is 309 g/mol. The summed E-state index contributed by atoms with van der Waals surface area (Å²) in [4.78, 5) is 22.8. The van der Waals surface area contributed by atoms with Crippen LogP contribution >= 0.6 is 11.8 Å². The van der Waals surface area contributed by atoms with E-state index in [1.54, 1.807) is 24.3 Å². The molecule has 5 heteroatoms. The third kappa shape index (κ3) is 5.42. The van der Waals surface area contributed by atoms with Crippen molar-refractivity contribution in [2.75, 3.05) is 12.3 Å². The van der Waals surface area contributed by atoms with E-state index in [1.807, 2.05) is 23.6 Å². The minimum Gasteiger partial charge on any atom is -0.478 e. The summed E-state index contributed by atoms with van der Waals surface area (Å²) in [6.45, 7) is 9.35. The molecule has 1 amide bonds. The Hall–Kier alpha value is -1.49. The van der Waals surface area contributed by atoms with E-state index in [0.29, 0.717) is 10.9 Å². The Kier molecular flexibility index (Phi) is 6.27. The number of carboxylic acids is 1. The summed E-state index contributed by atoms with van der Waals surface area (Å²) in [5.74, 6) is 0.209. The molecule has 0 saturated carbocycles. The third-order valence-electron chi connectivity index (χ3n) is 3.10. The molecule has 1 N–H and O–H groups in total. The number of benzene rings is 1. The maximum Gasteiger partial charge on any atom is 0.335 e. The summed E-state index contributed by atoms with van der Waals surface area (Å²) in [6.07, 6.45) is 0.968. The Labute approximate surface area is 130 Å². The fraction of sp³-hybridized carbons (Fsp3) is 0.500. The van der Waals surface area contributed by atoms with Crippen molar-refractivity contribution in [3.63, 3.8) is 0 Å². The van der Waals surface area contributed by atoms with Gasteiger partial charge in [0.05, 0.1) is 10.9 Å². The van der Waals surface area contributed by atoms with Crippen LogP contribution in [0.1, 0.15) is 36.7 Å². The number of aryl methyl sites for hydroxylation is 1. The van der Waals surface area contributed by atoms with Crippen LogP contribution in [0.3, 0.4) is 0 Å². The van der Waals surface area contributed by atoms with Gasteiger partial charge in [-0.1, -0.05) is 38.5 Å². The minimum atomic E-state index is -0.875. The SMILES string of the molecule is CC(C)(C)[C@H]1SCCN1C=O.Cc1ccc(C(=O)O)cc1. The smallest absolute Gasteiger partial charge is 0.335 e. The Morgan fingerprint density at radius 1 is 1.33 bits per heavy atom. The number of nitrogens with zero attached hydrogens (tertiary/aromatic N) is 1. The lowest BCUT2D eigenvalue weighted by Crippen LogP contribution is -2.36. The van der Waals surface area contributed by atoms with Crippen LogP contribution in [0.4, 0.5) is 0 Å². The molecule has 116 valence electrons. The van der Waals surface area contributed by atoms with Crippen molar-refractivity contribution < 1.29 is 14.7 Å². The minimum absolute atomic E-state index is 0.210. The molecule has 1 saturated heterocycles. The zero-order chi connectivity index (χ0) is 16.0. The van der Waals surface area contributed by atoms with Crippen LogP contribution in [0.15, 0.2) is 24.3 Å². The van der Waals surface area contributed by atoms with E-state index >= 15 is 0 Å². The van der Waals surface area contributed by atoms with Gasteiger partial charge in [0.15, 0.2) is 0 Å². The van der Waals surface area contributed by atoms with Gasteiger partial charge in [0.2, 0.25) is 6.41 Å². The molecule has 0 unspecified atom stereocenters. The Morgan fingerprint density at radius 2 is 1.90 bits per heavy atom. The zero-order valence-corrected chi connectivity index (χ0v) is 13.8. The van der Waals surface area contributed by atoms with Crippen molar-refractivity contribution in [2.45, 2.75) is 33.1 Å². The number of carbonyl (C=O) groups excluding carboxylic acids is 1. The van der Waals surface area contributed by atoms with Crippen LogP contribution < -0.4 is 0 Å². The van der Waals surface area contributed by atoms with Crippen LogP contribution in [0.25, 0.3) is 0 Å². The summed E-state index contributed by atoms with van der Waals surface area (Å²) >= 11 is 1.88. The van der Waals surface area contributed by atoms with E-state index in [9.17, 15) is 9.59 Å². The van der Waals surface area contributed by atoms with E-state index in [-0.39, 0.29) is 5.41 Å². The zero-order valence-electron chi connectivity index (χ0n) is 13.0. The molecule has 1 aromatic carbocycles. The van der Waals surface area contributed by atoms with Gasteiger partial charge in [-0.15, -0.1) is 11.8 Å². The van der Waals surface area contributed by atoms with Gasteiger partial charge in [-0.2, -0.15) is 0 Å². The summed E-state index contributed by atoms with van der Waals surface area (Å²) < 4.78 is 0. The normalized spacial score (nSPS) is 17.9. The van der Waals surface area contributed by atoms with E-state index in [0.717, 1.165) is 24.3 Å². The predicted octanol–water partition coefficient (Wildman–Crippen LogP) is 3.26. The number of hydrogen-bond donors (Lipinski definition) is 1. The molecule has 0 aromatic heterocycles. The molecule has 21 heavy (non-hydrogen) atoms. The number of amides is 1. The molecule has 0 aliphatic carbocycles. The highest BCUT2D eigenvalue weighted by atomic mass is 32.2. The Balaban J connectivity index is 0.000000211. The number of rotatable bonds is 2. The predicted molar refractivity (Wildman–Crippen MR) is 86.6 cm³/mol. The number of hydrogen-bond acceptors (Lipinski definition) is 3. The molecule has 1 heterocycles. The second-order valence-electron chi connectivity index (χ2n) is 6.10. The number of aromatic carboxylic acids is 1. The van der Waals surface area contributed by atoms with Crippen molar-refractivity contribution in [3.05, 3.63) is 35.4 Å². The highest BCUT2D eigenvalue weighted by Crippen LogP contribution is 2.36. The molecule has 2 rings (SSSR count). The highest BCUT2D eigenvalue weighted by molar-refractivity contribution is 8.00. The Morgan fingerprint density at radius 3 is 2.29 bits per heavy atom. The van der Waals surface area contributed by atoms with Gasteiger partial charge in [0, 0.05) is 12.3 Å². The van der Waals surface area contributed by atoms with Crippen molar-refractivity contribution in [1.82, 2.24) is 4.90 Å². The van der Waals surface area contributed by atoms with Crippen molar-refractivity contribution in [1.29, 1.82) is 0 Å². The van der Waals surface area contributed by atoms with E-state index in [1.165, 1.54) is 0 Å². The van der Waals surface area contributed by atoms with Gasteiger partial charge >= 0.3 is 5.97 Å². The van der Waals surface area contributed by atoms with Crippen molar-refractivity contribution in [2.24, 2.45) is 5.41 Å². The van der Waals surface area contributed by atoms with Gasteiger partial charge in [0.25, 0.3) is 0 Å². The quantitative estimate of drug-likeness (QED) is 0.852. The summed E-state index contributed by atoms with van der Waals surface area (Å²) in [7, 11) is 0. The number of carboxylic acid groups (broad SMARTS) is 1. The molecule has 1 aliphatic rings. The lowest BCUT2D eigenvalue weighted by molar-refractivity contribution is -0.119. The van der Waals surface area contributed by atoms with Crippen LogP contribution in [0, 0.1) is 12.3 Å². The maximum atomic E-state index is 10.6. The molecular formula is C16H23NO3S. The summed E-state index contributed by atoms with van der Waals surface area (Å²) in [5, 5.41) is 8.85. The lowest BCUT2D eigenvalue weighted by Gasteiger charge is -2.31. The Bertz CT molecular complexity index is 479. The molecule has 1 atom stereocenters. The first kappa shape index (κ1) is 17.6. The second-order valence-corrected chi connectivity index (χ2v) is 7.29. The average molecular weight is 309 g/mol.